The number of amides is 2. The fourth-order valence-corrected chi connectivity index (χ4v) is 6.40. The predicted octanol–water partition coefficient (Wildman–Crippen LogP) is 5.23. The first kappa shape index (κ1) is 23.7. The van der Waals surface area contributed by atoms with Crippen molar-refractivity contribution in [2.75, 3.05) is 13.1 Å². The summed E-state index contributed by atoms with van der Waals surface area (Å²) in [5.74, 6) is -0.243. The van der Waals surface area contributed by atoms with Gasteiger partial charge in [-0.2, -0.15) is 0 Å². The number of rotatable bonds is 5. The van der Waals surface area contributed by atoms with Crippen molar-refractivity contribution >= 4 is 56.6 Å². The van der Waals surface area contributed by atoms with Crippen LogP contribution in [-0.2, 0) is 27.3 Å². The van der Waals surface area contributed by atoms with E-state index in [1.807, 2.05) is 18.2 Å². The second-order valence-electron chi connectivity index (χ2n) is 9.41. The summed E-state index contributed by atoms with van der Waals surface area (Å²) < 4.78 is 7.28. The molecule has 2 aliphatic heterocycles. The highest BCUT2D eigenvalue weighted by atomic mass is 35.5. The van der Waals surface area contributed by atoms with Crippen LogP contribution >= 0.6 is 34.5 Å². The molecule has 0 aliphatic carbocycles. The number of nitrogens with zero attached hydrogens (tertiary/aromatic N) is 2. The summed E-state index contributed by atoms with van der Waals surface area (Å²) in [4.78, 5) is 31.0. The van der Waals surface area contributed by atoms with Crippen LogP contribution in [0.3, 0.4) is 0 Å². The Bertz CT molecular complexity index is 1270. The highest BCUT2D eigenvalue weighted by molar-refractivity contribution is 7.19. The third kappa shape index (κ3) is 4.72. The number of carbonyl (C=O) groups is 2. The van der Waals surface area contributed by atoms with Crippen LogP contribution in [0.25, 0.3) is 21.3 Å². The lowest BCUT2D eigenvalue weighted by atomic mass is 9.94. The molecule has 4 heterocycles. The van der Waals surface area contributed by atoms with Crippen LogP contribution < -0.4 is 5.32 Å². The number of likely N-dealkylation sites (tertiary alicyclic amines) is 1. The molecular formula is C25H25Cl2N3O3S. The number of hydrogen-bond donors (Lipinski definition) is 1. The lowest BCUT2D eigenvalue weighted by Gasteiger charge is -2.37. The maximum Gasteiger partial charge on any atom is 0.230 e. The van der Waals surface area contributed by atoms with Gasteiger partial charge >= 0.3 is 0 Å². The van der Waals surface area contributed by atoms with E-state index >= 15 is 0 Å². The Labute approximate surface area is 212 Å². The van der Waals surface area contributed by atoms with Crippen LogP contribution in [-0.4, -0.2) is 46.5 Å². The molecule has 0 bridgehead atoms. The fraction of sp³-hybridized carbons (Fsp3) is 0.400. The first-order valence-corrected chi connectivity index (χ1v) is 12.8. The van der Waals surface area contributed by atoms with Gasteiger partial charge in [-0.1, -0.05) is 23.2 Å². The van der Waals surface area contributed by atoms with E-state index in [4.69, 9.17) is 27.9 Å². The number of carbonyl (C=O) groups excluding carboxylic acids is 2. The number of nitrogens with one attached hydrogen (secondary N) is 1. The minimum Gasteiger partial charge on any atom is -0.369 e. The number of fused-ring (bicyclic) bond motifs is 1. The predicted molar refractivity (Wildman–Crippen MR) is 135 cm³/mol. The Balaban J connectivity index is 1.53. The lowest BCUT2D eigenvalue weighted by molar-refractivity contribution is -0.138. The molecule has 9 heteroatoms. The number of benzene rings is 1. The topological polar surface area (TPSA) is 71.5 Å². The average Bonchev–Trinajstić information content (AvgIpc) is 3.32. The maximum absolute atomic E-state index is 12.1. The molecule has 6 nitrogen and oxygen atoms in total. The van der Waals surface area contributed by atoms with Crippen LogP contribution in [0.1, 0.15) is 37.1 Å². The molecule has 0 saturated carbocycles. The first-order chi connectivity index (χ1) is 16.2. The number of pyridine rings is 1. The van der Waals surface area contributed by atoms with E-state index in [2.05, 4.69) is 24.1 Å². The van der Waals surface area contributed by atoms with Crippen LogP contribution in [0.2, 0.25) is 10.0 Å². The molecule has 34 heavy (non-hydrogen) atoms. The highest BCUT2D eigenvalue weighted by Gasteiger charge is 2.31. The van der Waals surface area contributed by atoms with E-state index in [0.29, 0.717) is 16.5 Å². The number of hydrogen-bond acceptors (Lipinski definition) is 6. The number of thiophene rings is 1. The van der Waals surface area contributed by atoms with Crippen LogP contribution in [0, 0.1) is 0 Å². The number of imide groups is 1. The van der Waals surface area contributed by atoms with E-state index < -0.39 is 0 Å². The fourth-order valence-electron chi connectivity index (χ4n) is 4.69. The van der Waals surface area contributed by atoms with Gasteiger partial charge in [0.1, 0.15) is 0 Å². The third-order valence-electron chi connectivity index (χ3n) is 6.22. The molecule has 2 amide bonds. The van der Waals surface area contributed by atoms with Gasteiger partial charge in [0.15, 0.2) is 0 Å². The summed E-state index contributed by atoms with van der Waals surface area (Å²) >= 11 is 14.7. The molecule has 3 aromatic rings. The van der Waals surface area contributed by atoms with E-state index in [1.54, 1.807) is 12.3 Å². The molecule has 1 N–H and O–H groups in total. The van der Waals surface area contributed by atoms with E-state index in [1.165, 1.54) is 16.2 Å². The zero-order valence-electron chi connectivity index (χ0n) is 19.0. The Kier molecular flexibility index (Phi) is 6.42. The van der Waals surface area contributed by atoms with Gasteiger partial charge in [-0.05, 0) is 49.2 Å². The van der Waals surface area contributed by atoms with Gasteiger partial charge in [-0.15, -0.1) is 11.3 Å². The lowest BCUT2D eigenvalue weighted by Crippen LogP contribution is -2.51. The molecule has 0 spiro atoms. The largest absolute Gasteiger partial charge is 0.369 e. The minimum absolute atomic E-state index is 0.0235. The molecule has 178 valence electrons. The highest BCUT2D eigenvalue weighted by Crippen LogP contribution is 2.40. The summed E-state index contributed by atoms with van der Waals surface area (Å²) in [6.45, 7) is 5.97. The van der Waals surface area contributed by atoms with Gasteiger partial charge in [0, 0.05) is 59.0 Å². The second-order valence-corrected chi connectivity index (χ2v) is 11.4. The van der Waals surface area contributed by atoms with E-state index in [0.717, 1.165) is 44.9 Å². The SMILES string of the molecule is CC1(C)CNCC(Cc2c(Cl)cc(Cl)cc2-c2ccnc3cc(CN4C(=O)CCC4=O)sc23)O1. The Morgan fingerprint density at radius 2 is 1.94 bits per heavy atom. The zero-order chi connectivity index (χ0) is 24.0. The van der Waals surface area contributed by atoms with Crippen molar-refractivity contribution in [3.05, 3.63) is 50.9 Å². The summed E-state index contributed by atoms with van der Waals surface area (Å²) in [5.41, 5.74) is 3.46. The van der Waals surface area contributed by atoms with Crippen molar-refractivity contribution in [1.82, 2.24) is 15.2 Å². The normalized spacial score (nSPS) is 20.5. The Morgan fingerprint density at radius 1 is 1.18 bits per heavy atom. The van der Waals surface area contributed by atoms with Crippen LogP contribution in [0.5, 0.6) is 0 Å². The monoisotopic (exact) mass is 517 g/mol. The molecule has 1 aromatic carbocycles. The minimum atomic E-state index is -0.251. The van der Waals surface area contributed by atoms with Gasteiger partial charge < -0.3 is 10.1 Å². The molecule has 5 rings (SSSR count). The van der Waals surface area contributed by atoms with Crippen molar-refractivity contribution in [3.8, 4) is 11.1 Å². The summed E-state index contributed by atoms with van der Waals surface area (Å²) in [7, 11) is 0. The van der Waals surface area contributed by atoms with Crippen molar-refractivity contribution in [3.63, 3.8) is 0 Å². The van der Waals surface area contributed by atoms with Crippen molar-refractivity contribution in [2.45, 2.75) is 51.4 Å². The third-order valence-corrected chi connectivity index (χ3v) is 7.92. The quantitative estimate of drug-likeness (QED) is 0.469. The van der Waals surface area contributed by atoms with Gasteiger partial charge in [0.25, 0.3) is 0 Å². The van der Waals surface area contributed by atoms with E-state index in [-0.39, 0.29) is 42.9 Å². The number of ether oxygens (including phenoxy) is 1. The maximum atomic E-state index is 12.1. The van der Waals surface area contributed by atoms with Crippen LogP contribution in [0.15, 0.2) is 30.5 Å². The average molecular weight is 518 g/mol. The Morgan fingerprint density at radius 3 is 2.68 bits per heavy atom. The summed E-state index contributed by atoms with van der Waals surface area (Å²) in [6.07, 6.45) is 2.95. The summed E-state index contributed by atoms with van der Waals surface area (Å²) in [6, 6.07) is 7.62. The van der Waals surface area contributed by atoms with Crippen molar-refractivity contribution < 1.29 is 14.3 Å². The molecule has 1 atom stereocenters. The second kappa shape index (κ2) is 9.21. The zero-order valence-corrected chi connectivity index (χ0v) is 21.3. The van der Waals surface area contributed by atoms with Crippen molar-refractivity contribution in [2.24, 2.45) is 0 Å². The molecule has 2 aliphatic rings. The Hall–Kier alpha value is -2.03. The standard InChI is InChI=1S/C25H25Cl2N3O3S/c1-25(2)13-28-11-15(33-25)9-19-18(7-14(26)8-20(19)27)17-5-6-29-21-10-16(34-24(17)21)12-30-22(31)3-4-23(30)32/h5-8,10,15,28H,3-4,9,11-13H2,1-2H3. The molecular weight excluding hydrogens is 493 g/mol. The van der Waals surface area contributed by atoms with E-state index in [9.17, 15) is 9.59 Å². The first-order valence-electron chi connectivity index (χ1n) is 11.3. The molecule has 2 aromatic heterocycles. The van der Waals surface area contributed by atoms with Gasteiger partial charge in [0.2, 0.25) is 11.8 Å². The summed E-state index contributed by atoms with van der Waals surface area (Å²) in [5, 5.41) is 4.61. The van der Waals surface area contributed by atoms with Crippen LogP contribution in [0.4, 0.5) is 0 Å². The molecule has 2 saturated heterocycles. The molecule has 1 unspecified atom stereocenters. The number of morpholine rings is 1. The van der Waals surface area contributed by atoms with Crippen molar-refractivity contribution in [1.29, 1.82) is 0 Å². The molecule has 2 fully saturated rings. The van der Waals surface area contributed by atoms with Gasteiger partial charge in [-0.25, -0.2) is 0 Å². The van der Waals surface area contributed by atoms with Gasteiger partial charge in [0.05, 0.1) is 28.5 Å². The number of aromatic nitrogens is 1. The number of halogens is 2. The van der Waals surface area contributed by atoms with Gasteiger partial charge in [-0.3, -0.25) is 19.5 Å². The molecule has 0 radical (unpaired) electrons. The smallest absolute Gasteiger partial charge is 0.230 e.